The zero-order valence-electron chi connectivity index (χ0n) is 4.93. The van der Waals surface area contributed by atoms with Gasteiger partial charge in [0.25, 0.3) is 0 Å². The van der Waals surface area contributed by atoms with Crippen LogP contribution in [0, 0.1) is 0 Å². The lowest BCUT2D eigenvalue weighted by atomic mass is 10.4. The fourth-order valence-corrected chi connectivity index (χ4v) is 0.701. The summed E-state index contributed by atoms with van der Waals surface area (Å²) in [6.07, 6.45) is 1.42. The first-order valence-electron chi connectivity index (χ1n) is 2.48. The second kappa shape index (κ2) is 2.35. The van der Waals surface area contributed by atoms with Gasteiger partial charge in [0.15, 0.2) is 0 Å². The zero-order chi connectivity index (χ0) is 6.85. The number of nitrogens with zero attached hydrogens (tertiary/aromatic N) is 2. The van der Waals surface area contributed by atoms with E-state index in [4.69, 9.17) is 11.6 Å². The Kier molecular flexibility index (Phi) is 1.71. The van der Waals surface area contributed by atoms with Crippen molar-refractivity contribution in [2.75, 3.05) is 0 Å². The maximum absolute atomic E-state index is 11.9. The Bertz CT molecular complexity index is 209. The van der Waals surface area contributed by atoms with E-state index in [1.165, 1.54) is 10.9 Å². The lowest BCUT2D eigenvalue weighted by Gasteiger charge is -1.89. The summed E-state index contributed by atoms with van der Waals surface area (Å²) < 4.78 is 13.3. The molecule has 0 aliphatic heterocycles. The minimum atomic E-state index is -0.549. The van der Waals surface area contributed by atoms with Gasteiger partial charge in [0, 0.05) is 12.6 Å². The molecule has 0 bridgehead atoms. The highest BCUT2D eigenvalue weighted by atomic mass is 35.5. The zero-order valence-corrected chi connectivity index (χ0v) is 5.69. The fourth-order valence-electron chi connectivity index (χ4n) is 0.558. The predicted octanol–water partition coefficient (Wildman–Crippen LogP) is 1.54. The Balaban J connectivity index is 3.04. The van der Waals surface area contributed by atoms with Crippen molar-refractivity contribution < 1.29 is 4.39 Å². The molecule has 0 spiro atoms. The van der Waals surface area contributed by atoms with Gasteiger partial charge >= 0.3 is 0 Å². The molecule has 0 amide bonds. The fraction of sp³-hybridized carbons (Fsp3) is 0.400. The summed E-state index contributed by atoms with van der Waals surface area (Å²) >= 11 is 5.57. The molecule has 0 saturated carbocycles. The first-order valence-corrected chi connectivity index (χ1v) is 2.86. The molecule has 2 nitrogen and oxygen atoms in total. The molecule has 0 N–H and O–H groups in total. The Labute approximate surface area is 57.2 Å². The molecule has 1 aromatic heterocycles. The van der Waals surface area contributed by atoms with Gasteiger partial charge in [0.2, 0.25) is 0 Å². The molecule has 0 atom stereocenters. The number of halogens is 2. The summed E-state index contributed by atoms with van der Waals surface area (Å²) in [4.78, 5) is 0. The van der Waals surface area contributed by atoms with E-state index in [0.29, 0.717) is 10.7 Å². The van der Waals surface area contributed by atoms with Gasteiger partial charge in [0.1, 0.15) is 11.8 Å². The number of hydrogen-bond donors (Lipinski definition) is 0. The number of alkyl halides is 1. The van der Waals surface area contributed by atoms with Crippen molar-refractivity contribution in [2.24, 2.45) is 7.05 Å². The van der Waals surface area contributed by atoms with E-state index in [9.17, 15) is 4.39 Å². The topological polar surface area (TPSA) is 17.8 Å². The van der Waals surface area contributed by atoms with Gasteiger partial charge in [-0.05, 0) is 0 Å². The molecule has 9 heavy (non-hydrogen) atoms. The molecule has 0 aliphatic rings. The van der Waals surface area contributed by atoms with Crippen LogP contribution in [0.4, 0.5) is 4.39 Å². The first-order chi connectivity index (χ1) is 4.25. The molecule has 1 heterocycles. The van der Waals surface area contributed by atoms with Crippen molar-refractivity contribution in [1.29, 1.82) is 0 Å². The van der Waals surface area contributed by atoms with Crippen LogP contribution in [0.3, 0.4) is 0 Å². The van der Waals surface area contributed by atoms with E-state index in [1.807, 2.05) is 0 Å². The number of aryl methyl sites for hydroxylation is 1. The maximum Gasteiger partial charge on any atom is 0.132 e. The third-order valence-corrected chi connectivity index (χ3v) is 1.57. The average Bonchev–Trinajstić information content (AvgIpc) is 2.15. The summed E-state index contributed by atoms with van der Waals surface area (Å²) in [7, 11) is 1.67. The number of rotatable bonds is 1. The largest absolute Gasteiger partial charge is 0.257 e. The van der Waals surface area contributed by atoms with Crippen LogP contribution in [0.15, 0.2) is 6.20 Å². The molecule has 0 aromatic carbocycles. The van der Waals surface area contributed by atoms with E-state index in [2.05, 4.69) is 5.10 Å². The van der Waals surface area contributed by atoms with E-state index in [1.54, 1.807) is 7.05 Å². The lowest BCUT2D eigenvalue weighted by Crippen LogP contribution is -1.88. The minimum absolute atomic E-state index is 0.373. The smallest absolute Gasteiger partial charge is 0.132 e. The van der Waals surface area contributed by atoms with E-state index in [0.717, 1.165) is 0 Å². The second-order valence-corrected chi connectivity index (χ2v) is 2.08. The number of aromatic nitrogens is 2. The van der Waals surface area contributed by atoms with Crippen LogP contribution in [0.25, 0.3) is 0 Å². The van der Waals surface area contributed by atoms with Crippen molar-refractivity contribution in [3.8, 4) is 0 Å². The Morgan fingerprint density at radius 3 is 2.78 bits per heavy atom. The van der Waals surface area contributed by atoms with Gasteiger partial charge in [-0.25, -0.2) is 4.39 Å². The minimum Gasteiger partial charge on any atom is -0.257 e. The highest BCUT2D eigenvalue weighted by Gasteiger charge is 2.02. The predicted molar refractivity (Wildman–Crippen MR) is 33.0 cm³/mol. The molecular formula is C5H6ClFN2. The van der Waals surface area contributed by atoms with Gasteiger partial charge in [-0.15, -0.1) is 0 Å². The Morgan fingerprint density at radius 2 is 2.56 bits per heavy atom. The summed E-state index contributed by atoms with van der Waals surface area (Å²) in [5.41, 5.74) is 0.444. The van der Waals surface area contributed by atoms with Crippen molar-refractivity contribution in [3.63, 3.8) is 0 Å². The summed E-state index contributed by atoms with van der Waals surface area (Å²) in [5.74, 6) is 0. The van der Waals surface area contributed by atoms with Gasteiger partial charge in [-0.3, -0.25) is 4.68 Å². The molecule has 0 saturated heterocycles. The third-order valence-electron chi connectivity index (χ3n) is 1.08. The highest BCUT2D eigenvalue weighted by Crippen LogP contribution is 2.14. The normalized spacial score (nSPS) is 10.1. The van der Waals surface area contributed by atoms with Gasteiger partial charge < -0.3 is 0 Å². The van der Waals surface area contributed by atoms with Crippen LogP contribution in [0.2, 0.25) is 5.15 Å². The van der Waals surface area contributed by atoms with Gasteiger partial charge in [-0.2, -0.15) is 5.10 Å². The molecular weight excluding hydrogens is 143 g/mol. The second-order valence-electron chi connectivity index (χ2n) is 1.72. The quantitative estimate of drug-likeness (QED) is 0.591. The van der Waals surface area contributed by atoms with Gasteiger partial charge in [-0.1, -0.05) is 11.6 Å². The molecule has 1 rings (SSSR count). The summed E-state index contributed by atoms with van der Waals surface area (Å²) in [5, 5.41) is 4.10. The molecule has 0 unspecified atom stereocenters. The molecule has 0 radical (unpaired) electrons. The average molecular weight is 149 g/mol. The van der Waals surface area contributed by atoms with Crippen LogP contribution < -0.4 is 0 Å². The monoisotopic (exact) mass is 148 g/mol. The van der Waals surface area contributed by atoms with E-state index in [-0.39, 0.29) is 0 Å². The van der Waals surface area contributed by atoms with Crippen LogP contribution in [-0.4, -0.2) is 9.78 Å². The molecule has 0 fully saturated rings. The Hall–Kier alpha value is -0.570. The highest BCUT2D eigenvalue weighted by molar-refractivity contribution is 6.30. The molecule has 4 heteroatoms. The standard InChI is InChI=1S/C5H6ClFN2/c1-9-5(6)4(2-7)3-8-9/h3H,2H2,1H3. The van der Waals surface area contributed by atoms with Crippen molar-refractivity contribution in [1.82, 2.24) is 9.78 Å². The van der Waals surface area contributed by atoms with Crippen LogP contribution >= 0.6 is 11.6 Å². The van der Waals surface area contributed by atoms with Gasteiger partial charge in [0.05, 0.1) is 6.20 Å². The molecule has 1 aromatic rings. The Morgan fingerprint density at radius 1 is 1.89 bits per heavy atom. The van der Waals surface area contributed by atoms with Crippen LogP contribution in [0.1, 0.15) is 5.56 Å². The first kappa shape index (κ1) is 6.55. The third kappa shape index (κ3) is 1.05. The number of hydrogen-bond acceptors (Lipinski definition) is 1. The lowest BCUT2D eigenvalue weighted by molar-refractivity contribution is 0.485. The van der Waals surface area contributed by atoms with E-state index < -0.39 is 6.67 Å². The van der Waals surface area contributed by atoms with Crippen molar-refractivity contribution in [2.45, 2.75) is 6.67 Å². The SMILES string of the molecule is Cn1ncc(CF)c1Cl. The summed E-state index contributed by atoms with van der Waals surface area (Å²) in [6, 6.07) is 0. The molecule has 50 valence electrons. The maximum atomic E-state index is 11.9. The van der Waals surface area contributed by atoms with Crippen molar-refractivity contribution in [3.05, 3.63) is 16.9 Å². The van der Waals surface area contributed by atoms with Crippen LogP contribution in [0.5, 0.6) is 0 Å². The van der Waals surface area contributed by atoms with E-state index >= 15 is 0 Å². The van der Waals surface area contributed by atoms with Crippen LogP contribution in [-0.2, 0) is 13.7 Å². The summed E-state index contributed by atoms with van der Waals surface area (Å²) in [6.45, 7) is -0.549. The molecule has 0 aliphatic carbocycles. The van der Waals surface area contributed by atoms with Crippen molar-refractivity contribution >= 4 is 11.6 Å².